The van der Waals surface area contributed by atoms with Crippen LogP contribution in [0.1, 0.15) is 42.1 Å². The zero-order valence-corrected chi connectivity index (χ0v) is 22.7. The van der Waals surface area contributed by atoms with Crippen LogP contribution in [0.2, 0.25) is 0 Å². The number of esters is 1. The van der Waals surface area contributed by atoms with Crippen LogP contribution in [0.25, 0.3) is 10.9 Å². The lowest BCUT2D eigenvalue weighted by Gasteiger charge is -2.27. The van der Waals surface area contributed by atoms with E-state index in [4.69, 9.17) is 4.74 Å². The molecule has 2 aliphatic rings. The number of benzene rings is 2. The van der Waals surface area contributed by atoms with E-state index in [1.807, 2.05) is 48.5 Å². The van der Waals surface area contributed by atoms with Crippen molar-refractivity contribution in [1.82, 2.24) is 26.3 Å². The van der Waals surface area contributed by atoms with Gasteiger partial charge in [-0.1, -0.05) is 36.4 Å². The number of carbonyl (C=O) groups excluding carboxylic acids is 5. The first-order chi connectivity index (χ1) is 19.7. The molecule has 3 aromatic rings. The highest BCUT2D eigenvalue weighted by atomic mass is 16.5. The van der Waals surface area contributed by atoms with Crippen LogP contribution in [0.15, 0.2) is 48.5 Å². The van der Waals surface area contributed by atoms with E-state index in [0.29, 0.717) is 0 Å². The number of para-hydroxylation sites is 2. The Hall–Kier alpha value is -4.87. The molecule has 3 heterocycles. The predicted molar refractivity (Wildman–Crippen MR) is 150 cm³/mol. The number of nitrogens with one attached hydrogen (secondary N) is 6. The first-order valence-corrected chi connectivity index (χ1v) is 13.4. The number of fused-ring (bicyclic) bond motifs is 7. The van der Waals surface area contributed by atoms with Crippen LogP contribution in [-0.2, 0) is 35.1 Å². The molecule has 0 radical (unpaired) electrons. The average molecular weight is 561 g/mol. The minimum atomic E-state index is -1.02. The monoisotopic (exact) mass is 560 g/mol. The maximum Gasteiger partial charge on any atom is 0.328 e. The summed E-state index contributed by atoms with van der Waals surface area (Å²) in [5, 5.41) is 14.9. The molecule has 0 aliphatic carbocycles. The summed E-state index contributed by atoms with van der Waals surface area (Å²) in [7, 11) is 1.25. The van der Waals surface area contributed by atoms with Crippen molar-refractivity contribution in [3.05, 3.63) is 65.4 Å². The second-order valence-electron chi connectivity index (χ2n) is 10.2. The van der Waals surface area contributed by atoms with Crippen LogP contribution in [0, 0.1) is 0 Å². The largest absolute Gasteiger partial charge is 0.467 e. The van der Waals surface area contributed by atoms with Crippen molar-refractivity contribution >= 4 is 46.2 Å². The fourth-order valence-corrected chi connectivity index (χ4v) is 5.69. The molecule has 214 valence electrons. The highest BCUT2D eigenvalue weighted by Crippen LogP contribution is 2.48. The number of anilines is 1. The first kappa shape index (κ1) is 27.7. The van der Waals surface area contributed by atoms with Crippen molar-refractivity contribution < 1.29 is 28.7 Å². The van der Waals surface area contributed by atoms with Crippen LogP contribution in [0.3, 0.4) is 0 Å². The molecule has 41 heavy (non-hydrogen) atoms. The second kappa shape index (κ2) is 11.7. The third-order valence-corrected chi connectivity index (χ3v) is 7.51. The Morgan fingerprint density at radius 1 is 0.927 bits per heavy atom. The van der Waals surface area contributed by atoms with Gasteiger partial charge in [0, 0.05) is 41.5 Å². The molecule has 12 nitrogen and oxygen atoms in total. The number of ether oxygens (including phenoxy) is 1. The van der Waals surface area contributed by atoms with Gasteiger partial charge in [0.05, 0.1) is 26.2 Å². The maximum absolute atomic E-state index is 13.2. The van der Waals surface area contributed by atoms with E-state index >= 15 is 0 Å². The Balaban J connectivity index is 1.65. The molecule has 5 rings (SSSR count). The number of methoxy groups -OCH3 is 1. The fraction of sp³-hybridized carbons (Fsp3) is 0.345. The van der Waals surface area contributed by atoms with Crippen molar-refractivity contribution in [1.29, 1.82) is 0 Å². The number of aromatic nitrogens is 1. The molecule has 12 heteroatoms. The predicted octanol–water partition coefficient (Wildman–Crippen LogP) is 0.759. The third kappa shape index (κ3) is 5.86. The Morgan fingerprint density at radius 2 is 1.66 bits per heavy atom. The summed E-state index contributed by atoms with van der Waals surface area (Å²) in [4.78, 5) is 66.8. The molecule has 0 fully saturated rings. The quantitative estimate of drug-likeness (QED) is 0.251. The number of rotatable bonds is 2. The number of H-pyrrole nitrogens is 1. The SMILES string of the molecule is COC(=O)[C@@H]1Cc2c([nH]c3ccccc23)C2Nc3ccccc3[C@@H]2C[C@H](NC(C)=O)C(=O)NCC(=O)NCC(=O)N1. The van der Waals surface area contributed by atoms with Crippen LogP contribution in [-0.4, -0.2) is 66.9 Å². The van der Waals surface area contributed by atoms with Gasteiger partial charge in [0.2, 0.25) is 23.6 Å². The fourth-order valence-electron chi connectivity index (χ4n) is 5.69. The van der Waals surface area contributed by atoms with Crippen molar-refractivity contribution in [3.8, 4) is 0 Å². The van der Waals surface area contributed by atoms with Crippen molar-refractivity contribution in [3.63, 3.8) is 0 Å². The lowest BCUT2D eigenvalue weighted by Crippen LogP contribution is -2.51. The van der Waals surface area contributed by atoms with Crippen LogP contribution in [0.5, 0.6) is 0 Å². The number of aromatic amines is 1. The highest BCUT2D eigenvalue weighted by molar-refractivity contribution is 5.93. The van der Waals surface area contributed by atoms with Gasteiger partial charge < -0.3 is 36.3 Å². The standard InChI is InChI=1S/C29H32N6O6/c1-15(36)32-22-11-18-16-7-3-5-9-20(16)34-26(18)27-19(17-8-4-6-10-21(17)35-27)12-23(29(40)41-2)33-25(38)14-30-24(37)13-31-28(22)39/h3-10,18,22-23,26,34-35H,11-14H2,1-2H3,(H,30,37)(H,31,39)(H,32,36)(H,33,38)/t18-,22-,23-,26?/m0/s1. The summed E-state index contributed by atoms with van der Waals surface area (Å²) in [6, 6.07) is 13.1. The minimum absolute atomic E-state index is 0.114. The van der Waals surface area contributed by atoms with Crippen molar-refractivity contribution in [2.24, 2.45) is 0 Å². The molecule has 0 saturated heterocycles. The summed E-state index contributed by atoms with van der Waals surface area (Å²) in [6.45, 7) is 0.538. The van der Waals surface area contributed by atoms with Crippen molar-refractivity contribution in [2.45, 2.75) is 43.8 Å². The number of amides is 4. The average Bonchev–Trinajstić information content (AvgIpc) is 3.51. The van der Waals surface area contributed by atoms with E-state index in [2.05, 4.69) is 31.6 Å². The third-order valence-electron chi connectivity index (χ3n) is 7.51. The Kier molecular flexibility index (Phi) is 7.90. The van der Waals surface area contributed by atoms with E-state index in [9.17, 15) is 24.0 Å². The van der Waals surface area contributed by atoms with E-state index in [0.717, 1.165) is 33.4 Å². The van der Waals surface area contributed by atoms with Crippen LogP contribution >= 0.6 is 0 Å². The number of carbonyl (C=O) groups is 5. The Bertz CT molecular complexity index is 1520. The molecule has 4 amide bonds. The molecular formula is C29H32N6O6. The molecule has 4 atom stereocenters. The minimum Gasteiger partial charge on any atom is -0.467 e. The summed E-state index contributed by atoms with van der Waals surface area (Å²) in [5.41, 5.74) is 4.26. The van der Waals surface area contributed by atoms with Gasteiger partial charge in [-0.15, -0.1) is 0 Å². The second-order valence-corrected chi connectivity index (χ2v) is 10.2. The van der Waals surface area contributed by atoms with Gasteiger partial charge in [-0.3, -0.25) is 19.2 Å². The van der Waals surface area contributed by atoms with Gasteiger partial charge in [0.1, 0.15) is 12.1 Å². The molecule has 6 N–H and O–H groups in total. The Labute approximate surface area is 236 Å². The van der Waals surface area contributed by atoms with Crippen molar-refractivity contribution in [2.75, 3.05) is 25.5 Å². The zero-order chi connectivity index (χ0) is 29.1. The lowest BCUT2D eigenvalue weighted by atomic mass is 9.85. The molecule has 2 aliphatic heterocycles. The van der Waals surface area contributed by atoms with Gasteiger partial charge in [0.25, 0.3) is 0 Å². The normalized spacial score (nSPS) is 23.1. The zero-order valence-electron chi connectivity index (χ0n) is 22.7. The van der Waals surface area contributed by atoms with E-state index < -0.39 is 48.9 Å². The summed E-state index contributed by atoms with van der Waals surface area (Å²) >= 11 is 0. The molecule has 1 aromatic heterocycles. The smallest absolute Gasteiger partial charge is 0.328 e. The summed E-state index contributed by atoms with van der Waals surface area (Å²) < 4.78 is 5.01. The van der Waals surface area contributed by atoms with E-state index in [1.165, 1.54) is 14.0 Å². The summed E-state index contributed by atoms with van der Waals surface area (Å²) in [5.74, 6) is -3.00. The van der Waals surface area contributed by atoms with Gasteiger partial charge in [-0.05, 0) is 29.7 Å². The van der Waals surface area contributed by atoms with Gasteiger partial charge in [-0.2, -0.15) is 0 Å². The summed E-state index contributed by atoms with van der Waals surface area (Å²) in [6.07, 6.45) is 0.343. The maximum atomic E-state index is 13.2. The van der Waals surface area contributed by atoms with Gasteiger partial charge >= 0.3 is 5.97 Å². The molecule has 0 saturated carbocycles. The molecular weight excluding hydrogens is 528 g/mol. The number of hydrogen-bond acceptors (Lipinski definition) is 7. The molecule has 2 aromatic carbocycles. The van der Waals surface area contributed by atoms with Gasteiger partial charge in [-0.25, -0.2) is 4.79 Å². The van der Waals surface area contributed by atoms with Crippen LogP contribution < -0.4 is 26.6 Å². The first-order valence-electron chi connectivity index (χ1n) is 13.4. The van der Waals surface area contributed by atoms with Crippen LogP contribution in [0.4, 0.5) is 5.69 Å². The van der Waals surface area contributed by atoms with E-state index in [1.54, 1.807) is 0 Å². The van der Waals surface area contributed by atoms with E-state index in [-0.39, 0.29) is 30.7 Å². The van der Waals surface area contributed by atoms with Gasteiger partial charge in [0.15, 0.2) is 0 Å². The lowest BCUT2D eigenvalue weighted by molar-refractivity contribution is -0.145. The number of hydrogen-bond donors (Lipinski definition) is 6. The molecule has 0 bridgehead atoms. The topological polar surface area (TPSA) is 171 Å². The molecule has 1 unspecified atom stereocenters. The Morgan fingerprint density at radius 3 is 2.44 bits per heavy atom. The molecule has 0 spiro atoms. The highest BCUT2D eigenvalue weighted by Gasteiger charge is 2.39.